The van der Waals surface area contributed by atoms with Crippen LogP contribution in [0.5, 0.6) is 11.5 Å². The van der Waals surface area contributed by atoms with Crippen LogP contribution in [0.1, 0.15) is 26.2 Å². The van der Waals surface area contributed by atoms with Crippen LogP contribution in [-0.4, -0.2) is 57.7 Å². The molecule has 1 fully saturated rings. The molecule has 1 saturated heterocycles. The Morgan fingerprint density at radius 2 is 1.78 bits per heavy atom. The number of nitrogens with zero attached hydrogens (tertiary/aromatic N) is 3. The minimum absolute atomic E-state index is 0.239. The lowest BCUT2D eigenvalue weighted by molar-refractivity contribution is 0.125. The minimum Gasteiger partial charge on any atom is -0.497 e. The lowest BCUT2D eigenvalue weighted by atomic mass is 10.1. The fourth-order valence-electron chi connectivity index (χ4n) is 4.22. The van der Waals surface area contributed by atoms with Crippen molar-refractivity contribution in [3.05, 3.63) is 46.8 Å². The van der Waals surface area contributed by atoms with Crippen LogP contribution < -0.4 is 15.0 Å². The fourth-order valence-corrected chi connectivity index (χ4v) is 4.22. The number of likely N-dealkylation sites (tertiary alicyclic amines) is 1. The van der Waals surface area contributed by atoms with Gasteiger partial charge >= 0.3 is 0 Å². The van der Waals surface area contributed by atoms with Gasteiger partial charge in [0.1, 0.15) is 18.1 Å². The van der Waals surface area contributed by atoms with Crippen LogP contribution >= 0.6 is 0 Å². The van der Waals surface area contributed by atoms with Crippen LogP contribution in [-0.2, 0) is 0 Å². The van der Waals surface area contributed by atoms with Crippen LogP contribution in [0.25, 0.3) is 33.6 Å². The van der Waals surface area contributed by atoms with Crippen LogP contribution in [0.2, 0.25) is 0 Å². The molecule has 166 valence electrons. The second kappa shape index (κ2) is 8.63. The van der Waals surface area contributed by atoms with Gasteiger partial charge in [0.15, 0.2) is 11.5 Å². The SMILES string of the molecule is COc1ccc2[nH]c(=O)c(-c3nc4ccc(OCC(C)N5CCCCC5)cc4[nH]3)nc2c1. The maximum absolute atomic E-state index is 12.6. The van der Waals surface area contributed by atoms with Gasteiger partial charge in [0.25, 0.3) is 5.56 Å². The summed E-state index contributed by atoms with van der Waals surface area (Å²) in [5, 5.41) is 0. The highest BCUT2D eigenvalue weighted by molar-refractivity contribution is 5.82. The summed E-state index contributed by atoms with van der Waals surface area (Å²) in [6.07, 6.45) is 3.86. The molecule has 0 spiro atoms. The zero-order valence-electron chi connectivity index (χ0n) is 18.4. The highest BCUT2D eigenvalue weighted by Gasteiger charge is 2.18. The van der Waals surface area contributed by atoms with Gasteiger partial charge in [0.2, 0.25) is 0 Å². The monoisotopic (exact) mass is 433 g/mol. The van der Waals surface area contributed by atoms with Gasteiger partial charge in [0.05, 0.1) is 29.2 Å². The van der Waals surface area contributed by atoms with E-state index in [2.05, 4.69) is 31.8 Å². The van der Waals surface area contributed by atoms with Gasteiger partial charge in [-0.05, 0) is 57.1 Å². The zero-order chi connectivity index (χ0) is 22.1. The molecular formula is C24H27N5O3. The summed E-state index contributed by atoms with van der Waals surface area (Å²) in [5.41, 5.74) is 2.78. The number of imidazole rings is 1. The molecule has 2 aromatic heterocycles. The molecule has 1 atom stereocenters. The maximum atomic E-state index is 12.6. The molecule has 0 saturated carbocycles. The summed E-state index contributed by atoms with van der Waals surface area (Å²) < 4.78 is 11.3. The summed E-state index contributed by atoms with van der Waals surface area (Å²) in [5.74, 6) is 1.87. The van der Waals surface area contributed by atoms with Crippen LogP contribution in [0.15, 0.2) is 41.2 Å². The van der Waals surface area contributed by atoms with Crippen molar-refractivity contribution in [3.8, 4) is 23.0 Å². The number of aromatic nitrogens is 4. The Morgan fingerprint density at radius 3 is 2.59 bits per heavy atom. The van der Waals surface area contributed by atoms with E-state index in [1.165, 1.54) is 19.3 Å². The third kappa shape index (κ3) is 4.05. The maximum Gasteiger partial charge on any atom is 0.278 e. The Labute approximate surface area is 185 Å². The van der Waals surface area contributed by atoms with Gasteiger partial charge in [-0.25, -0.2) is 9.97 Å². The first-order chi connectivity index (χ1) is 15.6. The first-order valence-corrected chi connectivity index (χ1v) is 11.1. The molecule has 32 heavy (non-hydrogen) atoms. The summed E-state index contributed by atoms with van der Waals surface area (Å²) in [4.78, 5) is 30.3. The van der Waals surface area contributed by atoms with E-state index in [-0.39, 0.29) is 11.3 Å². The molecule has 5 rings (SSSR count). The third-order valence-electron chi connectivity index (χ3n) is 6.08. The molecule has 1 unspecified atom stereocenters. The average Bonchev–Trinajstić information content (AvgIpc) is 3.25. The summed E-state index contributed by atoms with van der Waals surface area (Å²) in [6.45, 7) is 5.14. The van der Waals surface area contributed by atoms with E-state index in [4.69, 9.17) is 9.47 Å². The van der Waals surface area contributed by atoms with Gasteiger partial charge in [-0.1, -0.05) is 6.42 Å². The van der Waals surface area contributed by atoms with Crippen molar-refractivity contribution < 1.29 is 9.47 Å². The molecule has 8 nitrogen and oxygen atoms in total. The highest BCUT2D eigenvalue weighted by Crippen LogP contribution is 2.24. The average molecular weight is 434 g/mol. The van der Waals surface area contributed by atoms with E-state index < -0.39 is 0 Å². The van der Waals surface area contributed by atoms with E-state index in [0.29, 0.717) is 35.3 Å². The third-order valence-corrected chi connectivity index (χ3v) is 6.08. The summed E-state index contributed by atoms with van der Waals surface area (Å²) >= 11 is 0. The van der Waals surface area contributed by atoms with Crippen molar-refractivity contribution in [3.63, 3.8) is 0 Å². The van der Waals surface area contributed by atoms with Crippen molar-refractivity contribution in [2.75, 3.05) is 26.8 Å². The molecule has 0 bridgehead atoms. The largest absolute Gasteiger partial charge is 0.497 e. The molecule has 3 heterocycles. The fraction of sp³-hybridized carbons (Fsp3) is 0.375. The smallest absolute Gasteiger partial charge is 0.278 e. The van der Waals surface area contributed by atoms with E-state index in [0.717, 1.165) is 29.9 Å². The number of fused-ring (bicyclic) bond motifs is 2. The lowest BCUT2D eigenvalue weighted by Gasteiger charge is -2.32. The highest BCUT2D eigenvalue weighted by atomic mass is 16.5. The first-order valence-electron chi connectivity index (χ1n) is 11.1. The van der Waals surface area contributed by atoms with Crippen molar-refractivity contribution in [1.82, 2.24) is 24.8 Å². The number of methoxy groups -OCH3 is 1. The lowest BCUT2D eigenvalue weighted by Crippen LogP contribution is -2.40. The Hall–Kier alpha value is -3.39. The number of hydrogen-bond donors (Lipinski definition) is 2. The normalized spacial score (nSPS) is 15.8. The Morgan fingerprint density at radius 1 is 0.969 bits per heavy atom. The number of rotatable bonds is 6. The number of H-pyrrole nitrogens is 2. The number of nitrogens with one attached hydrogen (secondary N) is 2. The van der Waals surface area contributed by atoms with Crippen molar-refractivity contribution in [2.45, 2.75) is 32.2 Å². The van der Waals surface area contributed by atoms with Crippen LogP contribution in [0, 0.1) is 0 Å². The van der Waals surface area contributed by atoms with Gasteiger partial charge in [-0.3, -0.25) is 9.69 Å². The quantitative estimate of drug-likeness (QED) is 0.481. The first kappa shape index (κ1) is 20.5. The molecule has 0 amide bonds. The van der Waals surface area contributed by atoms with E-state index in [9.17, 15) is 4.79 Å². The predicted octanol–water partition coefficient (Wildman–Crippen LogP) is 3.73. The van der Waals surface area contributed by atoms with E-state index >= 15 is 0 Å². The number of aromatic amines is 2. The summed E-state index contributed by atoms with van der Waals surface area (Å²) in [7, 11) is 1.60. The topological polar surface area (TPSA) is 96.1 Å². The van der Waals surface area contributed by atoms with Crippen molar-refractivity contribution in [2.24, 2.45) is 0 Å². The van der Waals surface area contributed by atoms with Gasteiger partial charge in [0, 0.05) is 18.2 Å². The van der Waals surface area contributed by atoms with Crippen LogP contribution in [0.4, 0.5) is 0 Å². The standard InChI is InChI=1S/C24H27N5O3/c1-15(29-10-4-3-5-11-29)14-32-17-7-9-18-21(13-17)27-23(26-18)22-24(30)28-19-8-6-16(31-2)12-20(19)25-22/h6-9,12-13,15H,3-5,10-11,14H2,1-2H3,(H,26,27)(H,28,30). The van der Waals surface area contributed by atoms with Gasteiger partial charge in [-0.15, -0.1) is 0 Å². The van der Waals surface area contributed by atoms with Crippen molar-refractivity contribution >= 4 is 22.1 Å². The second-order valence-corrected chi connectivity index (χ2v) is 8.32. The van der Waals surface area contributed by atoms with Crippen LogP contribution in [0.3, 0.4) is 0 Å². The predicted molar refractivity (Wildman–Crippen MR) is 124 cm³/mol. The molecule has 0 aliphatic carbocycles. The summed E-state index contributed by atoms with van der Waals surface area (Å²) in [6, 6.07) is 11.5. The second-order valence-electron chi connectivity index (χ2n) is 8.32. The van der Waals surface area contributed by atoms with Crippen molar-refractivity contribution in [1.29, 1.82) is 0 Å². The molecule has 2 N–H and O–H groups in total. The number of ether oxygens (including phenoxy) is 2. The van der Waals surface area contributed by atoms with E-state index in [1.54, 1.807) is 25.3 Å². The number of piperidine rings is 1. The number of hydrogen-bond acceptors (Lipinski definition) is 6. The van der Waals surface area contributed by atoms with Gasteiger partial charge < -0.3 is 19.4 Å². The number of benzene rings is 2. The molecule has 1 aliphatic heterocycles. The minimum atomic E-state index is -0.298. The van der Waals surface area contributed by atoms with Gasteiger partial charge in [-0.2, -0.15) is 0 Å². The van der Waals surface area contributed by atoms with E-state index in [1.807, 2.05) is 18.2 Å². The molecule has 1 aliphatic rings. The Bertz CT molecular complexity index is 1310. The molecule has 0 radical (unpaired) electrons. The zero-order valence-corrected chi connectivity index (χ0v) is 18.4. The Kier molecular flexibility index (Phi) is 5.53. The molecule has 4 aromatic rings. The molecule has 8 heteroatoms. The Balaban J connectivity index is 1.39. The molecule has 2 aromatic carbocycles. The molecular weight excluding hydrogens is 406 g/mol.